The minimum atomic E-state index is -3.84. The number of rotatable bonds is 8. The fourth-order valence-corrected chi connectivity index (χ4v) is 3.69. The number of carbonyl (C=O) groups is 1. The first-order valence-electron chi connectivity index (χ1n) is 5.37. The van der Waals surface area contributed by atoms with Gasteiger partial charge in [0.25, 0.3) is 0 Å². The molecule has 19 heavy (non-hydrogen) atoms. The van der Waals surface area contributed by atoms with E-state index in [1.807, 2.05) is 0 Å². The molecule has 0 aliphatic heterocycles. The summed E-state index contributed by atoms with van der Waals surface area (Å²) >= 11 is 0.864. The molecule has 0 spiro atoms. The summed E-state index contributed by atoms with van der Waals surface area (Å²) in [7, 11) is -2.49. The van der Waals surface area contributed by atoms with Crippen molar-refractivity contribution in [2.24, 2.45) is 0 Å². The maximum absolute atomic E-state index is 12.1. The SMILES string of the molecule is CN(CCOCCO)S(=O)(=O)c1ccsc1C(=O)O. The van der Waals surface area contributed by atoms with Gasteiger partial charge in [0.2, 0.25) is 10.0 Å². The van der Waals surface area contributed by atoms with Crippen LogP contribution in [0.2, 0.25) is 0 Å². The van der Waals surface area contributed by atoms with Gasteiger partial charge in [0, 0.05) is 13.6 Å². The Hall–Kier alpha value is -1.00. The number of sulfonamides is 1. The van der Waals surface area contributed by atoms with Gasteiger partial charge in [-0.3, -0.25) is 0 Å². The van der Waals surface area contributed by atoms with Crippen LogP contribution in [0.25, 0.3) is 0 Å². The van der Waals surface area contributed by atoms with Gasteiger partial charge in [-0.15, -0.1) is 11.3 Å². The van der Waals surface area contributed by atoms with E-state index in [-0.39, 0.29) is 36.1 Å². The highest BCUT2D eigenvalue weighted by Gasteiger charge is 2.27. The molecule has 1 heterocycles. The van der Waals surface area contributed by atoms with Crippen molar-refractivity contribution in [2.75, 3.05) is 33.4 Å². The normalized spacial score (nSPS) is 11.9. The summed E-state index contributed by atoms with van der Waals surface area (Å²) in [5, 5.41) is 18.9. The van der Waals surface area contributed by atoms with Crippen LogP contribution < -0.4 is 0 Å². The number of hydrogen-bond donors (Lipinski definition) is 2. The number of ether oxygens (including phenoxy) is 1. The monoisotopic (exact) mass is 309 g/mol. The zero-order valence-corrected chi connectivity index (χ0v) is 11.9. The molecule has 0 atom stereocenters. The fraction of sp³-hybridized carbons (Fsp3) is 0.500. The molecule has 1 rings (SSSR count). The molecule has 0 saturated carbocycles. The van der Waals surface area contributed by atoms with Crippen molar-refractivity contribution in [3.8, 4) is 0 Å². The number of hydrogen-bond acceptors (Lipinski definition) is 6. The van der Waals surface area contributed by atoms with Crippen LogP contribution in [-0.2, 0) is 14.8 Å². The largest absolute Gasteiger partial charge is 0.477 e. The molecule has 0 unspecified atom stereocenters. The van der Waals surface area contributed by atoms with Gasteiger partial charge in [-0.05, 0) is 11.4 Å². The molecule has 2 N–H and O–H groups in total. The number of aliphatic hydroxyl groups excluding tert-OH is 1. The van der Waals surface area contributed by atoms with Crippen molar-refractivity contribution in [3.05, 3.63) is 16.3 Å². The molecule has 7 nitrogen and oxygen atoms in total. The summed E-state index contributed by atoms with van der Waals surface area (Å²) in [5.41, 5.74) is 0. The molecule has 0 saturated heterocycles. The quantitative estimate of drug-likeness (QED) is 0.659. The van der Waals surface area contributed by atoms with E-state index in [0.717, 1.165) is 15.6 Å². The standard InChI is InChI=1S/C10H15NO6S2/c1-11(3-5-17-6-4-12)19(15,16)8-2-7-18-9(8)10(13)14/h2,7,12H,3-6H2,1H3,(H,13,14). The molecule has 0 fully saturated rings. The van der Waals surface area contributed by atoms with E-state index in [0.29, 0.717) is 0 Å². The summed E-state index contributed by atoms with van der Waals surface area (Å²) in [4.78, 5) is 10.5. The number of carboxylic acid groups (broad SMARTS) is 1. The van der Waals surface area contributed by atoms with Gasteiger partial charge in [0.1, 0.15) is 9.77 Å². The van der Waals surface area contributed by atoms with Crippen molar-refractivity contribution in [3.63, 3.8) is 0 Å². The predicted octanol–water partition coefficient (Wildman–Crippen LogP) is 0.0757. The van der Waals surface area contributed by atoms with E-state index in [1.165, 1.54) is 18.5 Å². The Morgan fingerprint density at radius 3 is 2.74 bits per heavy atom. The Balaban J connectivity index is 2.79. The molecule has 0 bridgehead atoms. The van der Waals surface area contributed by atoms with E-state index < -0.39 is 16.0 Å². The molecule has 0 aliphatic rings. The number of aliphatic hydroxyl groups is 1. The van der Waals surface area contributed by atoms with Crippen molar-refractivity contribution in [1.29, 1.82) is 0 Å². The van der Waals surface area contributed by atoms with Gasteiger partial charge >= 0.3 is 5.97 Å². The van der Waals surface area contributed by atoms with Crippen LogP contribution in [0.4, 0.5) is 0 Å². The Bertz CT molecular complexity index is 524. The van der Waals surface area contributed by atoms with Crippen LogP contribution in [0, 0.1) is 0 Å². The molecule has 0 radical (unpaired) electrons. The van der Waals surface area contributed by atoms with Crippen LogP contribution in [0.5, 0.6) is 0 Å². The molecule has 1 aromatic heterocycles. The summed E-state index contributed by atoms with van der Waals surface area (Å²) in [5.74, 6) is -1.27. The van der Waals surface area contributed by atoms with E-state index in [1.54, 1.807) is 0 Å². The van der Waals surface area contributed by atoms with E-state index >= 15 is 0 Å². The minimum absolute atomic E-state index is 0.0806. The number of aromatic carboxylic acids is 1. The molecular formula is C10H15NO6S2. The first-order valence-corrected chi connectivity index (χ1v) is 7.69. The Labute approximate surface area is 115 Å². The predicted molar refractivity (Wildman–Crippen MR) is 69.0 cm³/mol. The summed E-state index contributed by atoms with van der Waals surface area (Å²) < 4.78 is 30.3. The lowest BCUT2D eigenvalue weighted by molar-refractivity contribution is 0.0698. The smallest absolute Gasteiger partial charge is 0.347 e. The van der Waals surface area contributed by atoms with Crippen LogP contribution >= 0.6 is 11.3 Å². The molecule has 108 valence electrons. The average Bonchev–Trinajstić information content (AvgIpc) is 2.84. The van der Waals surface area contributed by atoms with Gasteiger partial charge in [0.15, 0.2) is 0 Å². The summed E-state index contributed by atoms with van der Waals surface area (Å²) in [6.45, 7) is 0.205. The van der Waals surface area contributed by atoms with Gasteiger partial charge in [-0.1, -0.05) is 0 Å². The van der Waals surface area contributed by atoms with Crippen LogP contribution in [0.1, 0.15) is 9.67 Å². The van der Waals surface area contributed by atoms with Gasteiger partial charge in [-0.25, -0.2) is 13.2 Å². The molecule has 0 amide bonds. The fourth-order valence-electron chi connectivity index (χ4n) is 1.30. The first-order chi connectivity index (χ1) is 8.91. The second-order valence-electron chi connectivity index (χ2n) is 3.58. The average molecular weight is 309 g/mol. The topological polar surface area (TPSA) is 104 Å². The highest BCUT2D eigenvalue weighted by molar-refractivity contribution is 7.89. The van der Waals surface area contributed by atoms with Crippen LogP contribution in [-0.4, -0.2) is 62.3 Å². The zero-order chi connectivity index (χ0) is 14.5. The lowest BCUT2D eigenvalue weighted by atomic mass is 10.5. The van der Waals surface area contributed by atoms with Crippen molar-refractivity contribution < 1.29 is 28.2 Å². The Kier molecular flexibility index (Phi) is 5.88. The lowest BCUT2D eigenvalue weighted by Crippen LogP contribution is -2.31. The number of likely N-dealkylation sites (N-methyl/N-ethyl adjacent to an activating group) is 1. The molecule has 1 aromatic rings. The van der Waals surface area contributed by atoms with Gasteiger partial charge in [-0.2, -0.15) is 4.31 Å². The van der Waals surface area contributed by atoms with Crippen molar-refractivity contribution in [2.45, 2.75) is 4.90 Å². The molecular weight excluding hydrogens is 294 g/mol. The van der Waals surface area contributed by atoms with Gasteiger partial charge < -0.3 is 14.9 Å². The van der Waals surface area contributed by atoms with Crippen LogP contribution in [0.3, 0.4) is 0 Å². The highest BCUT2D eigenvalue weighted by Crippen LogP contribution is 2.24. The number of carboxylic acids is 1. The Morgan fingerprint density at radius 2 is 2.16 bits per heavy atom. The lowest BCUT2D eigenvalue weighted by Gasteiger charge is -2.16. The minimum Gasteiger partial charge on any atom is -0.477 e. The second kappa shape index (κ2) is 6.96. The molecule has 0 aromatic carbocycles. The van der Waals surface area contributed by atoms with Crippen molar-refractivity contribution >= 4 is 27.3 Å². The number of nitrogens with zero attached hydrogens (tertiary/aromatic N) is 1. The first kappa shape index (κ1) is 16.1. The second-order valence-corrected chi connectivity index (χ2v) is 6.51. The maximum Gasteiger partial charge on any atom is 0.347 e. The van der Waals surface area contributed by atoms with Crippen molar-refractivity contribution in [1.82, 2.24) is 4.31 Å². The van der Waals surface area contributed by atoms with Crippen LogP contribution in [0.15, 0.2) is 16.3 Å². The van der Waals surface area contributed by atoms with E-state index in [4.69, 9.17) is 14.9 Å². The van der Waals surface area contributed by atoms with E-state index in [2.05, 4.69) is 0 Å². The summed E-state index contributed by atoms with van der Waals surface area (Å²) in [6.07, 6.45) is 0. The van der Waals surface area contributed by atoms with E-state index in [9.17, 15) is 13.2 Å². The maximum atomic E-state index is 12.1. The zero-order valence-electron chi connectivity index (χ0n) is 10.3. The Morgan fingerprint density at radius 1 is 1.47 bits per heavy atom. The highest BCUT2D eigenvalue weighted by atomic mass is 32.2. The third-order valence-corrected chi connectivity index (χ3v) is 5.23. The number of thiophene rings is 1. The third kappa shape index (κ3) is 3.98. The van der Waals surface area contributed by atoms with Gasteiger partial charge in [0.05, 0.1) is 19.8 Å². The molecule has 0 aliphatic carbocycles. The summed E-state index contributed by atoms with van der Waals surface area (Å²) in [6, 6.07) is 1.27. The third-order valence-electron chi connectivity index (χ3n) is 2.30. The molecule has 9 heteroatoms.